The second kappa shape index (κ2) is 8.80. The summed E-state index contributed by atoms with van der Waals surface area (Å²) >= 11 is 3.41. The summed E-state index contributed by atoms with van der Waals surface area (Å²) in [5, 5.41) is 0.836. The van der Waals surface area contributed by atoms with Crippen LogP contribution in [-0.4, -0.2) is 11.0 Å². The predicted octanol–water partition coefficient (Wildman–Crippen LogP) is 4.60. The van der Waals surface area contributed by atoms with Crippen LogP contribution in [-0.2, 0) is 20.8 Å². The van der Waals surface area contributed by atoms with Gasteiger partial charge in [0.15, 0.2) is 0 Å². The van der Waals surface area contributed by atoms with Crippen LogP contribution in [0.25, 0.3) is 0 Å². The molecule has 1 N–H and O–H groups in total. The van der Waals surface area contributed by atoms with Gasteiger partial charge in [-0.1, -0.05) is 66.9 Å². The number of rotatable bonds is 8. The van der Waals surface area contributed by atoms with E-state index in [1.165, 1.54) is 5.56 Å². The van der Waals surface area contributed by atoms with Crippen molar-refractivity contribution in [1.82, 2.24) is 0 Å². The van der Waals surface area contributed by atoms with Crippen LogP contribution in [0.5, 0.6) is 0 Å². The van der Waals surface area contributed by atoms with E-state index in [0.717, 1.165) is 23.7 Å². The van der Waals surface area contributed by atoms with Crippen LogP contribution >= 0.6 is 24.2 Å². The maximum Gasteiger partial charge on any atom is 0.695 e. The third kappa shape index (κ3) is 5.70. The lowest BCUT2D eigenvalue weighted by Crippen LogP contribution is -2.23. The van der Waals surface area contributed by atoms with Crippen LogP contribution in [0.2, 0.25) is 0 Å². The molecule has 106 valence electrons. The van der Waals surface area contributed by atoms with Crippen LogP contribution in [0, 0.1) is 5.92 Å². The molecule has 5 heteroatoms. The van der Waals surface area contributed by atoms with Crippen molar-refractivity contribution in [3.05, 3.63) is 35.4 Å². The first-order valence-corrected chi connectivity index (χ1v) is 8.82. The van der Waals surface area contributed by atoms with Gasteiger partial charge in [-0.2, -0.15) is 0 Å². The lowest BCUT2D eigenvalue weighted by Gasteiger charge is -2.19. The Balaban J connectivity index is 2.77. The average Bonchev–Trinajstić information content (AvgIpc) is 2.40. The molecule has 3 nitrogen and oxygen atoms in total. The van der Waals surface area contributed by atoms with Gasteiger partial charge in [0.1, 0.15) is 6.10 Å². The zero-order chi connectivity index (χ0) is 14.3. The molecule has 0 saturated heterocycles. The second-order valence-electron chi connectivity index (χ2n) is 4.61. The SMILES string of the molecule is CCC(CC)C(Cc1ccc(CBr)cc1)O[P+](=O)O. The molecule has 0 aromatic heterocycles. The van der Waals surface area contributed by atoms with Crippen molar-refractivity contribution in [2.75, 3.05) is 0 Å². The standard InChI is InChI=1S/C14H20BrO3P/c1-3-13(4-2)14(18-19(16)17)9-11-5-7-12(10-15)8-6-11/h5-8,13-14H,3-4,9-10H2,1-2H3/p+1. The first-order valence-electron chi connectivity index (χ1n) is 6.57. The first kappa shape index (κ1) is 16.8. The van der Waals surface area contributed by atoms with E-state index in [2.05, 4.69) is 54.0 Å². The molecule has 2 atom stereocenters. The Labute approximate surface area is 124 Å². The molecular weight excluding hydrogens is 327 g/mol. The topological polar surface area (TPSA) is 46.5 Å². The fourth-order valence-corrected chi connectivity index (χ4v) is 3.07. The van der Waals surface area contributed by atoms with E-state index in [-0.39, 0.29) is 6.10 Å². The Morgan fingerprint density at radius 1 is 1.21 bits per heavy atom. The van der Waals surface area contributed by atoms with Gasteiger partial charge < -0.3 is 0 Å². The molecule has 0 fully saturated rings. The zero-order valence-electron chi connectivity index (χ0n) is 11.4. The van der Waals surface area contributed by atoms with Gasteiger partial charge in [-0.3, -0.25) is 0 Å². The third-order valence-electron chi connectivity index (χ3n) is 3.41. The molecule has 0 aliphatic rings. The molecule has 0 amide bonds. The Morgan fingerprint density at radius 3 is 2.16 bits per heavy atom. The highest BCUT2D eigenvalue weighted by Crippen LogP contribution is 2.28. The van der Waals surface area contributed by atoms with Gasteiger partial charge >= 0.3 is 8.25 Å². The Kier molecular flexibility index (Phi) is 7.77. The van der Waals surface area contributed by atoms with Gasteiger partial charge in [0, 0.05) is 16.3 Å². The van der Waals surface area contributed by atoms with Gasteiger partial charge in [0.2, 0.25) is 0 Å². The summed E-state index contributed by atoms with van der Waals surface area (Å²) in [7, 11) is -2.55. The lowest BCUT2D eigenvalue weighted by atomic mass is 9.92. The van der Waals surface area contributed by atoms with Gasteiger partial charge in [0.25, 0.3) is 0 Å². The van der Waals surface area contributed by atoms with Crippen LogP contribution < -0.4 is 0 Å². The van der Waals surface area contributed by atoms with Crippen molar-refractivity contribution >= 4 is 24.2 Å². The smallest absolute Gasteiger partial charge is 0.133 e. The maximum absolute atomic E-state index is 11.0. The molecular formula is C14H21BrO3P+. The van der Waals surface area contributed by atoms with E-state index >= 15 is 0 Å². The van der Waals surface area contributed by atoms with E-state index in [4.69, 9.17) is 9.42 Å². The number of benzene rings is 1. The Morgan fingerprint density at radius 2 is 1.74 bits per heavy atom. The highest BCUT2D eigenvalue weighted by Gasteiger charge is 2.29. The Bertz CT molecular complexity index is 390. The fourth-order valence-electron chi connectivity index (χ4n) is 2.22. The summed E-state index contributed by atoms with van der Waals surface area (Å²) in [5.41, 5.74) is 2.36. The summed E-state index contributed by atoms with van der Waals surface area (Å²) in [6.07, 6.45) is 2.38. The molecule has 0 radical (unpaired) electrons. The summed E-state index contributed by atoms with van der Waals surface area (Å²) in [4.78, 5) is 9.00. The van der Waals surface area contributed by atoms with Crippen LogP contribution in [0.1, 0.15) is 37.8 Å². The van der Waals surface area contributed by atoms with Gasteiger partial charge in [-0.25, -0.2) is 0 Å². The quantitative estimate of drug-likeness (QED) is 0.552. The number of halogens is 1. The van der Waals surface area contributed by atoms with Gasteiger partial charge in [-0.15, -0.1) is 9.42 Å². The molecule has 1 aromatic rings. The van der Waals surface area contributed by atoms with E-state index in [0.29, 0.717) is 12.3 Å². The highest BCUT2D eigenvalue weighted by atomic mass is 79.9. The molecule has 1 rings (SSSR count). The third-order valence-corrected chi connectivity index (χ3v) is 4.51. The van der Waals surface area contributed by atoms with Crippen molar-refractivity contribution in [2.24, 2.45) is 5.92 Å². The van der Waals surface area contributed by atoms with Crippen LogP contribution in [0.3, 0.4) is 0 Å². The number of hydrogen-bond acceptors (Lipinski definition) is 2. The summed E-state index contributed by atoms with van der Waals surface area (Å²) in [6.45, 7) is 4.17. The molecule has 0 aliphatic heterocycles. The highest BCUT2D eigenvalue weighted by molar-refractivity contribution is 9.08. The van der Waals surface area contributed by atoms with E-state index in [1.54, 1.807) is 0 Å². The molecule has 1 aromatic carbocycles. The molecule has 0 saturated carbocycles. The van der Waals surface area contributed by atoms with Gasteiger partial charge in [-0.05, 0) is 17.0 Å². The van der Waals surface area contributed by atoms with E-state index in [9.17, 15) is 4.57 Å². The van der Waals surface area contributed by atoms with Crippen LogP contribution in [0.15, 0.2) is 24.3 Å². The zero-order valence-corrected chi connectivity index (χ0v) is 13.9. The maximum atomic E-state index is 11.0. The molecule has 0 spiro atoms. The minimum Gasteiger partial charge on any atom is -0.133 e. The molecule has 0 aliphatic carbocycles. The first-order chi connectivity index (χ1) is 9.10. The lowest BCUT2D eigenvalue weighted by molar-refractivity contribution is 0.121. The summed E-state index contributed by atoms with van der Waals surface area (Å²) in [5.74, 6) is 0.307. The van der Waals surface area contributed by atoms with E-state index in [1.807, 2.05) is 0 Å². The summed E-state index contributed by atoms with van der Waals surface area (Å²) in [6, 6.07) is 8.24. The fraction of sp³-hybridized carbons (Fsp3) is 0.571. The number of alkyl halides is 1. The predicted molar refractivity (Wildman–Crippen MR) is 81.5 cm³/mol. The van der Waals surface area contributed by atoms with Crippen molar-refractivity contribution in [3.8, 4) is 0 Å². The monoisotopic (exact) mass is 347 g/mol. The molecule has 2 unspecified atom stereocenters. The van der Waals surface area contributed by atoms with E-state index < -0.39 is 8.25 Å². The Hall–Kier alpha value is -0.280. The largest absolute Gasteiger partial charge is 0.695 e. The minimum absolute atomic E-state index is 0.196. The molecule has 0 heterocycles. The van der Waals surface area contributed by atoms with Crippen LogP contribution in [0.4, 0.5) is 0 Å². The van der Waals surface area contributed by atoms with Gasteiger partial charge in [0.05, 0.1) is 0 Å². The normalized spacial score (nSPS) is 13.6. The average molecular weight is 348 g/mol. The molecule has 19 heavy (non-hydrogen) atoms. The van der Waals surface area contributed by atoms with Crippen molar-refractivity contribution in [2.45, 2.75) is 44.5 Å². The second-order valence-corrected chi connectivity index (χ2v) is 5.86. The van der Waals surface area contributed by atoms with Crippen molar-refractivity contribution in [3.63, 3.8) is 0 Å². The summed E-state index contributed by atoms with van der Waals surface area (Å²) < 4.78 is 16.2. The molecule has 0 bridgehead atoms. The minimum atomic E-state index is -2.55. The van der Waals surface area contributed by atoms with Crippen molar-refractivity contribution in [1.29, 1.82) is 0 Å². The van der Waals surface area contributed by atoms with Crippen molar-refractivity contribution < 1.29 is 14.0 Å². The number of hydrogen-bond donors (Lipinski definition) is 1.